The van der Waals surface area contributed by atoms with E-state index in [2.05, 4.69) is 5.32 Å². The van der Waals surface area contributed by atoms with Crippen LogP contribution in [0.3, 0.4) is 0 Å². The molecule has 0 saturated carbocycles. The molecule has 0 aliphatic carbocycles. The second kappa shape index (κ2) is 7.93. The van der Waals surface area contributed by atoms with Crippen LogP contribution in [-0.2, 0) is 26.0 Å². The minimum Gasteiger partial charge on any atom is -0.352 e. The van der Waals surface area contributed by atoms with Crippen molar-refractivity contribution in [3.8, 4) is 0 Å². The zero-order valence-electron chi connectivity index (χ0n) is 15.2. The van der Waals surface area contributed by atoms with Gasteiger partial charge in [-0.2, -0.15) is 0 Å². The Balaban J connectivity index is 1.65. The maximum absolute atomic E-state index is 13.7. The Morgan fingerprint density at radius 2 is 2.07 bits per heavy atom. The summed E-state index contributed by atoms with van der Waals surface area (Å²) >= 11 is 0. The van der Waals surface area contributed by atoms with E-state index in [0.29, 0.717) is 24.9 Å². The third kappa shape index (κ3) is 4.30. The van der Waals surface area contributed by atoms with Crippen molar-refractivity contribution in [1.82, 2.24) is 14.5 Å². The summed E-state index contributed by atoms with van der Waals surface area (Å²) in [6.07, 6.45) is 0.843. The molecule has 7 nitrogen and oxygen atoms in total. The number of carbonyl (C=O) groups excluding carboxylic acids is 2. The largest absolute Gasteiger partial charge is 0.352 e. The molecule has 27 heavy (non-hydrogen) atoms. The van der Waals surface area contributed by atoms with E-state index in [1.165, 1.54) is 6.07 Å². The molecule has 1 N–H and O–H groups in total. The molecule has 2 aliphatic rings. The molecule has 3 rings (SSSR count). The van der Waals surface area contributed by atoms with Crippen LogP contribution in [0.5, 0.6) is 0 Å². The highest BCUT2D eigenvalue weighted by Crippen LogP contribution is 2.25. The van der Waals surface area contributed by atoms with Crippen LogP contribution in [0.25, 0.3) is 0 Å². The molecule has 2 fully saturated rings. The summed E-state index contributed by atoms with van der Waals surface area (Å²) in [6, 6.07) is 5.30. The monoisotopic (exact) mass is 397 g/mol. The molecule has 2 atom stereocenters. The molecular formula is C18H24FN3O4S. The molecule has 2 heterocycles. The number of amides is 2. The number of halogens is 1. The van der Waals surface area contributed by atoms with Crippen LogP contribution >= 0.6 is 0 Å². The van der Waals surface area contributed by atoms with Crippen LogP contribution < -0.4 is 5.32 Å². The van der Waals surface area contributed by atoms with Crippen LogP contribution in [0.1, 0.15) is 25.3 Å². The summed E-state index contributed by atoms with van der Waals surface area (Å²) in [5, 5.41) is 2.85. The maximum Gasteiger partial charge on any atom is 0.253 e. The molecule has 2 aliphatic heterocycles. The van der Waals surface area contributed by atoms with E-state index in [4.69, 9.17) is 0 Å². The molecule has 1 aromatic rings. The summed E-state index contributed by atoms with van der Waals surface area (Å²) in [7, 11) is -3.59. The normalized spacial score (nSPS) is 25.1. The molecular weight excluding hydrogens is 373 g/mol. The summed E-state index contributed by atoms with van der Waals surface area (Å²) in [6.45, 7) is 2.68. The Kier molecular flexibility index (Phi) is 5.81. The molecule has 1 aromatic carbocycles. The Bertz CT molecular complexity index is 830. The van der Waals surface area contributed by atoms with Gasteiger partial charge in [-0.25, -0.2) is 17.1 Å². The van der Waals surface area contributed by atoms with Gasteiger partial charge in [0, 0.05) is 25.7 Å². The molecule has 9 heteroatoms. The van der Waals surface area contributed by atoms with Crippen molar-refractivity contribution in [2.75, 3.05) is 25.4 Å². The fourth-order valence-corrected chi connectivity index (χ4v) is 5.25. The van der Waals surface area contributed by atoms with E-state index >= 15 is 0 Å². The summed E-state index contributed by atoms with van der Waals surface area (Å²) < 4.78 is 39.3. The minimum absolute atomic E-state index is 0.0713. The molecule has 0 radical (unpaired) electrons. The van der Waals surface area contributed by atoms with Crippen LogP contribution in [0, 0.1) is 5.82 Å². The Hall–Kier alpha value is -2.00. The number of hydrogen-bond acceptors (Lipinski definition) is 5. The maximum atomic E-state index is 13.7. The molecule has 0 aromatic heterocycles. The number of benzene rings is 1. The number of nitrogens with one attached hydrogen (secondary N) is 1. The fraction of sp³-hybridized carbons (Fsp3) is 0.556. The van der Waals surface area contributed by atoms with E-state index in [1.807, 2.05) is 11.8 Å². The molecule has 0 unspecified atom stereocenters. The third-order valence-corrected chi connectivity index (χ3v) is 6.74. The predicted molar refractivity (Wildman–Crippen MR) is 97.8 cm³/mol. The van der Waals surface area contributed by atoms with Gasteiger partial charge in [-0.05, 0) is 24.5 Å². The van der Waals surface area contributed by atoms with Gasteiger partial charge in [0.1, 0.15) is 5.82 Å². The number of sulfonamides is 1. The first-order valence-corrected chi connectivity index (χ1v) is 10.7. The van der Waals surface area contributed by atoms with Gasteiger partial charge in [-0.15, -0.1) is 0 Å². The number of nitrogens with zero attached hydrogens (tertiary/aromatic N) is 2. The topological polar surface area (TPSA) is 86.8 Å². The van der Waals surface area contributed by atoms with E-state index in [9.17, 15) is 22.4 Å². The smallest absolute Gasteiger partial charge is 0.253 e. The van der Waals surface area contributed by atoms with Crippen LogP contribution in [0.2, 0.25) is 0 Å². The Labute approximate surface area is 158 Å². The van der Waals surface area contributed by atoms with Gasteiger partial charge in [0.2, 0.25) is 15.9 Å². The van der Waals surface area contributed by atoms with Crippen molar-refractivity contribution in [3.05, 3.63) is 35.6 Å². The average Bonchev–Trinajstić information content (AvgIpc) is 2.98. The highest BCUT2D eigenvalue weighted by Gasteiger charge is 2.44. The van der Waals surface area contributed by atoms with Crippen molar-refractivity contribution in [3.63, 3.8) is 0 Å². The first kappa shape index (κ1) is 19.8. The lowest BCUT2D eigenvalue weighted by Gasteiger charge is -2.23. The molecule has 0 bridgehead atoms. The predicted octanol–water partition coefficient (Wildman–Crippen LogP) is 0.509. The van der Waals surface area contributed by atoms with E-state index in [-0.39, 0.29) is 37.2 Å². The number of carbonyl (C=O) groups is 2. The van der Waals surface area contributed by atoms with Crippen molar-refractivity contribution in [2.45, 2.75) is 38.3 Å². The van der Waals surface area contributed by atoms with Crippen molar-refractivity contribution in [2.24, 2.45) is 0 Å². The lowest BCUT2D eigenvalue weighted by atomic mass is 10.1. The molecule has 148 valence electrons. The lowest BCUT2D eigenvalue weighted by Crippen LogP contribution is -2.44. The highest BCUT2D eigenvalue weighted by atomic mass is 32.2. The van der Waals surface area contributed by atoms with Gasteiger partial charge in [0.05, 0.1) is 18.2 Å². The van der Waals surface area contributed by atoms with Gasteiger partial charge in [0.25, 0.3) is 5.91 Å². The Morgan fingerprint density at radius 3 is 2.78 bits per heavy atom. The first-order valence-electron chi connectivity index (χ1n) is 9.13. The van der Waals surface area contributed by atoms with Crippen LogP contribution in [-0.4, -0.2) is 66.9 Å². The van der Waals surface area contributed by atoms with Gasteiger partial charge < -0.3 is 5.32 Å². The summed E-state index contributed by atoms with van der Waals surface area (Å²) in [5.74, 6) is -1.26. The molecule has 2 amide bonds. The molecule has 2 saturated heterocycles. The van der Waals surface area contributed by atoms with Crippen LogP contribution in [0.15, 0.2) is 24.3 Å². The number of hydrogen-bond donors (Lipinski definition) is 1. The molecule has 0 spiro atoms. The van der Waals surface area contributed by atoms with E-state index in [1.54, 1.807) is 18.2 Å². The average molecular weight is 397 g/mol. The van der Waals surface area contributed by atoms with Gasteiger partial charge in [-0.3, -0.25) is 14.5 Å². The van der Waals surface area contributed by atoms with Gasteiger partial charge >= 0.3 is 0 Å². The SMILES string of the molecule is CCCN1C(=O)[C@@H]2C[C@H](NC(=O)Cc3ccccc3F)CN2CCS1(=O)=O. The van der Waals surface area contributed by atoms with E-state index in [0.717, 1.165) is 4.31 Å². The van der Waals surface area contributed by atoms with Gasteiger partial charge in [0.15, 0.2) is 0 Å². The zero-order valence-corrected chi connectivity index (χ0v) is 16.0. The van der Waals surface area contributed by atoms with Crippen molar-refractivity contribution < 1.29 is 22.4 Å². The summed E-state index contributed by atoms with van der Waals surface area (Å²) in [4.78, 5) is 26.8. The number of rotatable bonds is 5. The van der Waals surface area contributed by atoms with Crippen molar-refractivity contribution in [1.29, 1.82) is 0 Å². The quantitative estimate of drug-likeness (QED) is 0.782. The second-order valence-corrected chi connectivity index (χ2v) is 9.02. The standard InChI is InChI=1S/C18H24FN3O4S/c1-2-7-22-18(24)16-11-14(12-21(16)8-9-27(22,25)26)20-17(23)10-13-5-3-4-6-15(13)19/h3-6,14,16H,2,7-12H2,1H3,(H,20,23)/t14-,16-/m0/s1. The van der Waals surface area contributed by atoms with Crippen molar-refractivity contribution >= 4 is 21.8 Å². The highest BCUT2D eigenvalue weighted by molar-refractivity contribution is 7.89. The second-order valence-electron chi connectivity index (χ2n) is 7.01. The van der Waals surface area contributed by atoms with Crippen LogP contribution in [0.4, 0.5) is 4.39 Å². The summed E-state index contributed by atoms with van der Waals surface area (Å²) in [5.41, 5.74) is 0.318. The number of fused-ring (bicyclic) bond motifs is 1. The first-order chi connectivity index (χ1) is 12.8. The van der Waals surface area contributed by atoms with Gasteiger partial charge in [-0.1, -0.05) is 25.1 Å². The fourth-order valence-electron chi connectivity index (χ4n) is 3.70. The van der Waals surface area contributed by atoms with E-state index < -0.39 is 27.8 Å². The third-order valence-electron chi connectivity index (χ3n) is 5.01. The Morgan fingerprint density at radius 1 is 1.33 bits per heavy atom. The minimum atomic E-state index is -3.59. The zero-order chi connectivity index (χ0) is 19.6. The lowest BCUT2D eigenvalue weighted by molar-refractivity contribution is -0.130.